The molecular weight excluding hydrogens is 398 g/mol. The lowest BCUT2D eigenvalue weighted by molar-refractivity contribution is 0.281. The first-order valence-corrected chi connectivity index (χ1v) is 10.4. The fourth-order valence-electron chi connectivity index (χ4n) is 2.56. The molecule has 0 saturated heterocycles. The van der Waals surface area contributed by atoms with Gasteiger partial charge in [0, 0.05) is 17.3 Å². The van der Waals surface area contributed by atoms with E-state index in [-0.39, 0.29) is 12.6 Å². The van der Waals surface area contributed by atoms with Crippen LogP contribution in [0.2, 0.25) is 0 Å². The molecule has 0 aliphatic heterocycles. The van der Waals surface area contributed by atoms with Crippen LogP contribution in [0.4, 0.5) is 17.5 Å². The molecule has 8 heteroatoms. The van der Waals surface area contributed by atoms with Crippen molar-refractivity contribution >= 4 is 28.0 Å². The minimum Gasteiger partial charge on any atom is -0.440 e. The normalized spacial score (nSPS) is 11.5. The van der Waals surface area contributed by atoms with Gasteiger partial charge in [0.15, 0.2) is 0 Å². The van der Waals surface area contributed by atoms with Crippen molar-refractivity contribution in [2.45, 2.75) is 24.8 Å². The van der Waals surface area contributed by atoms with Gasteiger partial charge in [0.1, 0.15) is 5.82 Å². The van der Waals surface area contributed by atoms with Crippen LogP contribution in [-0.2, 0) is 14.8 Å². The number of hydrogen-bond donors (Lipinski definition) is 4. The van der Waals surface area contributed by atoms with Gasteiger partial charge in [0.05, 0.1) is 18.4 Å². The minimum atomic E-state index is -1.78. The predicted octanol–water partition coefficient (Wildman–Crippen LogP) is 3.81. The first-order valence-electron chi connectivity index (χ1n) is 9.28. The van der Waals surface area contributed by atoms with E-state index in [0.29, 0.717) is 27.9 Å². The van der Waals surface area contributed by atoms with Crippen LogP contribution in [0, 0.1) is 23.5 Å². The van der Waals surface area contributed by atoms with Gasteiger partial charge in [-0.05, 0) is 37.6 Å². The number of anilines is 3. The summed E-state index contributed by atoms with van der Waals surface area (Å²) in [6.07, 6.45) is 1.63. The monoisotopic (exact) mass is 420 g/mol. The zero-order valence-corrected chi connectivity index (χ0v) is 17.5. The number of aliphatic hydroxyl groups excluding tert-OH is 1. The van der Waals surface area contributed by atoms with E-state index in [0.717, 1.165) is 11.1 Å². The van der Waals surface area contributed by atoms with Gasteiger partial charge in [-0.1, -0.05) is 47.1 Å². The average Bonchev–Trinajstić information content (AvgIpc) is 2.74. The number of hydrogen-bond acceptors (Lipinski definition) is 8. The summed E-state index contributed by atoms with van der Waals surface area (Å²) in [7, 11) is -1.78. The molecule has 0 aliphatic rings. The predicted molar refractivity (Wildman–Crippen MR) is 118 cm³/mol. The molecule has 0 spiro atoms. The van der Waals surface area contributed by atoms with Crippen LogP contribution in [0.1, 0.15) is 23.6 Å². The summed E-state index contributed by atoms with van der Waals surface area (Å²) in [5.41, 5.74) is 3.32. The summed E-state index contributed by atoms with van der Waals surface area (Å²) in [6.45, 7) is 3.79. The fraction of sp³-hybridized carbons (Fsp3) is 0.182. The highest BCUT2D eigenvalue weighted by Crippen LogP contribution is 2.19. The average molecular weight is 421 g/mol. The topological polar surface area (TPSA) is 111 Å². The molecular formula is C22H22N5O2S-. The Morgan fingerprint density at radius 2 is 1.83 bits per heavy atom. The molecule has 1 unspecified atom stereocenters. The van der Waals surface area contributed by atoms with E-state index in [1.165, 1.54) is 0 Å². The second kappa shape index (κ2) is 9.87. The highest BCUT2D eigenvalue weighted by atomic mass is 32.2. The standard InChI is InChI=1S/C22H22N5O2S/c1-15-5-3-4-6-17(15)7-8-18-13-24-22(27-21(18)25-16(2)14-28)26-19-9-11-20(12-10-19)30(23)29/h3-6,9-13,16,23,28H,14H2,1-2H3,(H2,24,25,26,27)/q-1. The number of benzene rings is 2. The van der Waals surface area contributed by atoms with E-state index in [1.54, 1.807) is 30.5 Å². The summed E-state index contributed by atoms with van der Waals surface area (Å²) in [5, 5.41) is 15.6. The third kappa shape index (κ3) is 5.56. The second-order valence-corrected chi connectivity index (χ2v) is 7.68. The lowest BCUT2D eigenvalue weighted by Crippen LogP contribution is -2.21. The van der Waals surface area contributed by atoms with Gasteiger partial charge in [0.2, 0.25) is 5.95 Å². The molecule has 0 amide bonds. The summed E-state index contributed by atoms with van der Waals surface area (Å²) in [4.78, 5) is 9.26. The zero-order valence-electron chi connectivity index (χ0n) is 16.6. The van der Waals surface area contributed by atoms with Crippen LogP contribution in [0.15, 0.2) is 59.6 Å². The molecule has 2 aromatic carbocycles. The molecule has 7 nitrogen and oxygen atoms in total. The molecule has 0 aliphatic carbocycles. The van der Waals surface area contributed by atoms with Crippen molar-refractivity contribution in [2.75, 3.05) is 17.2 Å². The van der Waals surface area contributed by atoms with Gasteiger partial charge in [-0.3, -0.25) is 0 Å². The molecule has 0 saturated carbocycles. The van der Waals surface area contributed by atoms with Crippen molar-refractivity contribution in [1.82, 2.24) is 9.97 Å². The largest absolute Gasteiger partial charge is 0.440 e. The lowest BCUT2D eigenvalue weighted by Gasteiger charge is -2.14. The maximum Gasteiger partial charge on any atom is 0.229 e. The summed E-state index contributed by atoms with van der Waals surface area (Å²) in [5.74, 6) is 7.12. The first kappa shape index (κ1) is 21.3. The highest BCUT2D eigenvalue weighted by Gasteiger charge is 2.09. The molecule has 1 atom stereocenters. The zero-order chi connectivity index (χ0) is 21.5. The van der Waals surface area contributed by atoms with Gasteiger partial charge < -0.3 is 24.7 Å². The number of aromatic nitrogens is 2. The number of rotatable bonds is 6. The molecule has 0 bridgehead atoms. The maximum atomic E-state index is 11.2. The maximum absolute atomic E-state index is 11.2. The van der Waals surface area contributed by atoms with Crippen LogP contribution in [0.25, 0.3) is 0 Å². The van der Waals surface area contributed by atoms with Crippen molar-refractivity contribution in [3.8, 4) is 11.8 Å². The Morgan fingerprint density at radius 1 is 1.13 bits per heavy atom. The second-order valence-electron chi connectivity index (χ2n) is 6.67. The third-order valence-electron chi connectivity index (χ3n) is 4.25. The SMILES string of the molecule is Cc1ccccc1C#Cc1cnc(Nc2ccc([S-](=N)=O)cc2)nc1NC(C)CO. The van der Waals surface area contributed by atoms with E-state index in [9.17, 15) is 9.32 Å². The highest BCUT2D eigenvalue weighted by molar-refractivity contribution is 7.73. The Bertz CT molecular complexity index is 1160. The summed E-state index contributed by atoms with van der Waals surface area (Å²) in [6, 6.07) is 14.3. The molecule has 0 fully saturated rings. The van der Waals surface area contributed by atoms with E-state index >= 15 is 0 Å². The number of aryl methyl sites for hydroxylation is 1. The van der Waals surface area contributed by atoms with E-state index in [2.05, 4.69) is 32.4 Å². The third-order valence-corrected chi connectivity index (χ3v) is 4.95. The first-order chi connectivity index (χ1) is 14.5. The Kier molecular flexibility index (Phi) is 7.01. The van der Waals surface area contributed by atoms with Crippen LogP contribution >= 0.6 is 0 Å². The molecule has 30 heavy (non-hydrogen) atoms. The fourth-order valence-corrected chi connectivity index (χ4v) is 2.94. The smallest absolute Gasteiger partial charge is 0.229 e. The van der Waals surface area contributed by atoms with Crippen molar-refractivity contribution < 1.29 is 9.32 Å². The van der Waals surface area contributed by atoms with Gasteiger partial charge >= 0.3 is 0 Å². The van der Waals surface area contributed by atoms with Gasteiger partial charge in [-0.15, -0.1) is 0 Å². The van der Waals surface area contributed by atoms with E-state index in [4.69, 9.17) is 4.78 Å². The molecule has 0 radical (unpaired) electrons. The number of aliphatic hydroxyl groups is 1. The van der Waals surface area contributed by atoms with Crippen molar-refractivity contribution in [3.63, 3.8) is 0 Å². The van der Waals surface area contributed by atoms with Gasteiger partial charge in [-0.2, -0.15) is 15.6 Å². The van der Waals surface area contributed by atoms with Crippen LogP contribution < -0.4 is 10.6 Å². The minimum absolute atomic E-state index is 0.0524. The Hall–Kier alpha value is -3.41. The van der Waals surface area contributed by atoms with E-state index < -0.39 is 10.6 Å². The molecule has 154 valence electrons. The van der Waals surface area contributed by atoms with Crippen LogP contribution in [-0.4, -0.2) is 27.7 Å². The van der Waals surface area contributed by atoms with Crippen molar-refractivity contribution in [3.05, 3.63) is 71.4 Å². The molecule has 3 rings (SSSR count). The Morgan fingerprint density at radius 3 is 2.50 bits per heavy atom. The van der Waals surface area contributed by atoms with E-state index in [1.807, 2.05) is 38.1 Å². The summed E-state index contributed by atoms with van der Waals surface area (Å²) >= 11 is 0. The number of nitrogens with zero attached hydrogens (tertiary/aromatic N) is 2. The van der Waals surface area contributed by atoms with Crippen molar-refractivity contribution in [2.24, 2.45) is 0 Å². The Balaban J connectivity index is 1.90. The summed E-state index contributed by atoms with van der Waals surface area (Å²) < 4.78 is 18.5. The number of nitrogens with one attached hydrogen (secondary N) is 3. The van der Waals surface area contributed by atoms with Gasteiger partial charge in [-0.25, -0.2) is 4.98 Å². The van der Waals surface area contributed by atoms with Crippen LogP contribution in [0.3, 0.4) is 0 Å². The molecule has 1 heterocycles. The lowest BCUT2D eigenvalue weighted by atomic mass is 10.1. The quantitative estimate of drug-likeness (QED) is 0.356. The molecule has 4 N–H and O–H groups in total. The van der Waals surface area contributed by atoms with Crippen LogP contribution in [0.5, 0.6) is 0 Å². The molecule has 1 aromatic heterocycles. The van der Waals surface area contributed by atoms with Crippen molar-refractivity contribution in [1.29, 1.82) is 4.78 Å². The van der Waals surface area contributed by atoms with Gasteiger partial charge in [0.25, 0.3) is 0 Å². The molecule has 3 aromatic rings. The Labute approximate surface area is 177 Å².